The van der Waals surface area contributed by atoms with Crippen LogP contribution in [0.1, 0.15) is 32.8 Å². The van der Waals surface area contributed by atoms with Crippen LogP contribution in [0.4, 0.5) is 0 Å². The van der Waals surface area contributed by atoms with Crippen LogP contribution < -0.4 is 10.1 Å². The van der Waals surface area contributed by atoms with E-state index in [1.165, 1.54) is 0 Å². The molecule has 0 radical (unpaired) electrons. The SMILES string of the molecule is CCCOc1ccc(Br)cc1CNCC(OCC)OCC. The van der Waals surface area contributed by atoms with E-state index in [9.17, 15) is 0 Å². The van der Waals surface area contributed by atoms with Crippen molar-refractivity contribution in [2.75, 3.05) is 26.4 Å². The van der Waals surface area contributed by atoms with Gasteiger partial charge in [-0.25, -0.2) is 0 Å². The molecule has 0 atom stereocenters. The van der Waals surface area contributed by atoms with E-state index in [1.54, 1.807) is 0 Å². The number of rotatable bonds is 11. The van der Waals surface area contributed by atoms with E-state index in [4.69, 9.17) is 14.2 Å². The molecule has 120 valence electrons. The minimum absolute atomic E-state index is 0.202. The summed E-state index contributed by atoms with van der Waals surface area (Å²) < 4.78 is 17.8. The van der Waals surface area contributed by atoms with Gasteiger partial charge in [0.15, 0.2) is 6.29 Å². The largest absolute Gasteiger partial charge is 0.493 e. The first-order valence-electron chi connectivity index (χ1n) is 7.56. The zero-order valence-electron chi connectivity index (χ0n) is 13.2. The van der Waals surface area contributed by atoms with Crippen molar-refractivity contribution in [1.29, 1.82) is 0 Å². The molecule has 1 aromatic carbocycles. The minimum atomic E-state index is -0.202. The van der Waals surface area contributed by atoms with Crippen molar-refractivity contribution in [3.8, 4) is 5.75 Å². The Bertz CT molecular complexity index is 395. The lowest BCUT2D eigenvalue weighted by Crippen LogP contribution is -2.31. The molecule has 1 rings (SSSR count). The van der Waals surface area contributed by atoms with Crippen LogP contribution in [0.5, 0.6) is 5.75 Å². The predicted octanol–water partition coefficient (Wildman–Crippen LogP) is 3.73. The van der Waals surface area contributed by atoms with Crippen LogP contribution in [0.3, 0.4) is 0 Å². The van der Waals surface area contributed by atoms with Crippen molar-refractivity contribution in [2.45, 2.75) is 40.0 Å². The Labute approximate surface area is 136 Å². The van der Waals surface area contributed by atoms with Crippen LogP contribution >= 0.6 is 15.9 Å². The van der Waals surface area contributed by atoms with E-state index in [-0.39, 0.29) is 6.29 Å². The lowest BCUT2D eigenvalue weighted by molar-refractivity contribution is -0.133. The molecule has 0 aromatic heterocycles. The van der Waals surface area contributed by atoms with Crippen LogP contribution in [0.15, 0.2) is 22.7 Å². The molecule has 0 aliphatic rings. The Hall–Kier alpha value is -0.620. The average Bonchev–Trinajstić information content (AvgIpc) is 2.47. The van der Waals surface area contributed by atoms with Crippen molar-refractivity contribution in [3.05, 3.63) is 28.2 Å². The third-order valence-corrected chi connectivity index (χ3v) is 3.31. The van der Waals surface area contributed by atoms with Crippen molar-refractivity contribution < 1.29 is 14.2 Å². The van der Waals surface area contributed by atoms with Gasteiger partial charge in [-0.05, 0) is 38.5 Å². The highest BCUT2D eigenvalue weighted by molar-refractivity contribution is 9.10. The van der Waals surface area contributed by atoms with Crippen LogP contribution in [-0.2, 0) is 16.0 Å². The van der Waals surface area contributed by atoms with Crippen LogP contribution in [0.25, 0.3) is 0 Å². The highest BCUT2D eigenvalue weighted by Crippen LogP contribution is 2.23. The first kappa shape index (κ1) is 18.4. The van der Waals surface area contributed by atoms with Gasteiger partial charge in [0.1, 0.15) is 5.75 Å². The number of nitrogens with one attached hydrogen (secondary N) is 1. The second-order valence-electron chi connectivity index (χ2n) is 4.57. The van der Waals surface area contributed by atoms with Gasteiger partial charge in [0.2, 0.25) is 0 Å². The molecule has 1 N–H and O–H groups in total. The summed E-state index contributed by atoms with van der Waals surface area (Å²) in [4.78, 5) is 0. The maximum absolute atomic E-state index is 5.77. The van der Waals surface area contributed by atoms with Crippen LogP contribution in [-0.4, -0.2) is 32.7 Å². The number of hydrogen-bond donors (Lipinski definition) is 1. The summed E-state index contributed by atoms with van der Waals surface area (Å²) in [6.07, 6.45) is 0.798. The predicted molar refractivity (Wildman–Crippen MR) is 88.7 cm³/mol. The molecule has 0 saturated carbocycles. The molecular formula is C16H26BrNO3. The molecule has 0 amide bonds. The van der Waals surface area contributed by atoms with Gasteiger partial charge in [-0.2, -0.15) is 0 Å². The third kappa shape index (κ3) is 7.27. The summed E-state index contributed by atoms with van der Waals surface area (Å²) >= 11 is 3.50. The number of benzene rings is 1. The van der Waals surface area contributed by atoms with E-state index >= 15 is 0 Å². The molecule has 0 unspecified atom stereocenters. The molecule has 0 heterocycles. The van der Waals surface area contributed by atoms with Gasteiger partial charge in [-0.15, -0.1) is 0 Å². The zero-order chi connectivity index (χ0) is 15.5. The molecule has 0 fully saturated rings. The maximum atomic E-state index is 5.77. The van der Waals surface area contributed by atoms with E-state index in [2.05, 4.69) is 34.2 Å². The topological polar surface area (TPSA) is 39.7 Å². The summed E-state index contributed by atoms with van der Waals surface area (Å²) in [6.45, 7) is 9.44. The average molecular weight is 360 g/mol. The summed E-state index contributed by atoms with van der Waals surface area (Å²) in [5.41, 5.74) is 1.13. The molecule has 1 aromatic rings. The van der Waals surface area contributed by atoms with Gasteiger partial charge in [0.25, 0.3) is 0 Å². The molecular weight excluding hydrogens is 334 g/mol. The van der Waals surface area contributed by atoms with Crippen molar-refractivity contribution in [2.24, 2.45) is 0 Å². The highest BCUT2D eigenvalue weighted by Gasteiger charge is 2.09. The highest BCUT2D eigenvalue weighted by atomic mass is 79.9. The van der Waals surface area contributed by atoms with E-state index in [0.717, 1.165) is 35.4 Å². The second-order valence-corrected chi connectivity index (χ2v) is 5.49. The molecule has 21 heavy (non-hydrogen) atoms. The summed E-state index contributed by atoms with van der Waals surface area (Å²) in [5.74, 6) is 0.928. The van der Waals surface area contributed by atoms with Gasteiger partial charge >= 0.3 is 0 Å². The summed E-state index contributed by atoms with van der Waals surface area (Å²) in [7, 11) is 0. The fourth-order valence-corrected chi connectivity index (χ4v) is 2.31. The third-order valence-electron chi connectivity index (χ3n) is 2.82. The Balaban J connectivity index is 2.54. The molecule has 0 aliphatic carbocycles. The van der Waals surface area contributed by atoms with E-state index in [1.807, 2.05) is 26.0 Å². The quantitative estimate of drug-likeness (QED) is 0.611. The minimum Gasteiger partial charge on any atom is -0.493 e. The van der Waals surface area contributed by atoms with E-state index in [0.29, 0.717) is 19.8 Å². The molecule has 0 spiro atoms. The zero-order valence-corrected chi connectivity index (χ0v) is 14.7. The Morgan fingerprint density at radius 1 is 1.14 bits per heavy atom. The summed E-state index contributed by atoms with van der Waals surface area (Å²) in [6, 6.07) is 6.07. The molecule has 0 saturated heterocycles. The van der Waals surface area contributed by atoms with Crippen LogP contribution in [0, 0.1) is 0 Å². The monoisotopic (exact) mass is 359 g/mol. The second kappa shape index (κ2) is 11.0. The van der Waals surface area contributed by atoms with Gasteiger partial charge in [-0.3, -0.25) is 0 Å². The maximum Gasteiger partial charge on any atom is 0.169 e. The standard InChI is InChI=1S/C16H26BrNO3/c1-4-9-21-15-8-7-14(17)10-13(15)11-18-12-16(19-5-2)20-6-3/h7-8,10,16,18H,4-6,9,11-12H2,1-3H3. The summed E-state index contributed by atoms with van der Waals surface area (Å²) in [5, 5.41) is 3.36. The van der Waals surface area contributed by atoms with E-state index < -0.39 is 0 Å². The molecule has 0 bridgehead atoms. The number of ether oxygens (including phenoxy) is 3. The lowest BCUT2D eigenvalue weighted by atomic mass is 10.2. The Kier molecular flexibility index (Phi) is 9.67. The van der Waals surface area contributed by atoms with Gasteiger partial charge in [-0.1, -0.05) is 22.9 Å². The van der Waals surface area contributed by atoms with Crippen molar-refractivity contribution in [1.82, 2.24) is 5.32 Å². The lowest BCUT2D eigenvalue weighted by Gasteiger charge is -2.18. The number of halogens is 1. The first-order valence-corrected chi connectivity index (χ1v) is 8.35. The van der Waals surface area contributed by atoms with Gasteiger partial charge in [0, 0.05) is 36.3 Å². The van der Waals surface area contributed by atoms with Crippen molar-refractivity contribution >= 4 is 15.9 Å². The Morgan fingerprint density at radius 2 is 1.86 bits per heavy atom. The smallest absolute Gasteiger partial charge is 0.169 e. The Morgan fingerprint density at radius 3 is 2.48 bits per heavy atom. The fourth-order valence-electron chi connectivity index (χ4n) is 1.90. The van der Waals surface area contributed by atoms with Crippen molar-refractivity contribution in [3.63, 3.8) is 0 Å². The normalized spacial score (nSPS) is 11.1. The fraction of sp³-hybridized carbons (Fsp3) is 0.625. The molecule has 0 aliphatic heterocycles. The number of hydrogen-bond acceptors (Lipinski definition) is 4. The van der Waals surface area contributed by atoms with Crippen LogP contribution in [0.2, 0.25) is 0 Å². The first-order chi connectivity index (χ1) is 10.2. The molecule has 4 nitrogen and oxygen atoms in total. The molecule has 5 heteroatoms. The van der Waals surface area contributed by atoms with Gasteiger partial charge < -0.3 is 19.5 Å². The van der Waals surface area contributed by atoms with Gasteiger partial charge in [0.05, 0.1) is 6.61 Å².